The molecule has 0 aromatic heterocycles. The monoisotopic (exact) mass is 363 g/mol. The van der Waals surface area contributed by atoms with Gasteiger partial charge in [-0.2, -0.15) is 0 Å². The zero-order valence-electron chi connectivity index (χ0n) is 15.0. The Bertz CT molecular complexity index is 1120. The van der Waals surface area contributed by atoms with Crippen molar-refractivity contribution in [3.8, 4) is 39.9 Å². The third-order valence-corrected chi connectivity index (χ3v) is 5.48. The molecule has 27 heavy (non-hydrogen) atoms. The van der Waals surface area contributed by atoms with Gasteiger partial charge in [-0.3, -0.25) is 0 Å². The molecule has 3 aromatic rings. The maximum absolute atomic E-state index is 5.79. The summed E-state index contributed by atoms with van der Waals surface area (Å²) >= 11 is 0. The third-order valence-electron chi connectivity index (χ3n) is 5.48. The molecule has 0 saturated heterocycles. The van der Waals surface area contributed by atoms with Gasteiger partial charge >= 0.3 is 0 Å². The van der Waals surface area contributed by atoms with Crippen LogP contribution in [0.25, 0.3) is 21.9 Å². The maximum Gasteiger partial charge on any atom is 0.231 e. The molecule has 6 rings (SSSR count). The molecule has 0 N–H and O–H groups in total. The predicted octanol–water partition coefficient (Wildman–Crippen LogP) is 3.92. The number of fused-ring (bicyclic) bond motifs is 8. The Morgan fingerprint density at radius 1 is 0.926 bits per heavy atom. The highest BCUT2D eigenvalue weighted by Gasteiger charge is 2.32. The Morgan fingerprint density at radius 3 is 2.56 bits per heavy atom. The lowest BCUT2D eigenvalue weighted by Crippen LogP contribution is -2.22. The van der Waals surface area contributed by atoms with E-state index in [2.05, 4.69) is 30.1 Å². The number of rotatable bonds is 1. The van der Waals surface area contributed by atoms with Crippen LogP contribution in [0.5, 0.6) is 28.7 Å². The molecule has 0 bridgehead atoms. The Labute approximate surface area is 155 Å². The zero-order chi connectivity index (χ0) is 18.1. The van der Waals surface area contributed by atoms with E-state index in [4.69, 9.17) is 23.7 Å². The first kappa shape index (κ1) is 14.8. The highest BCUT2D eigenvalue weighted by atomic mass is 16.7. The molecule has 3 heterocycles. The molecule has 6 nitrogen and oxygen atoms in total. The fourth-order valence-electron chi connectivity index (χ4n) is 4.30. The summed E-state index contributed by atoms with van der Waals surface area (Å²) < 4.78 is 28.3. The maximum atomic E-state index is 5.79. The van der Waals surface area contributed by atoms with E-state index in [-0.39, 0.29) is 13.6 Å². The van der Waals surface area contributed by atoms with Gasteiger partial charge in [-0.25, -0.2) is 0 Å². The Hall–Kier alpha value is -3.28. The van der Waals surface area contributed by atoms with E-state index in [1.165, 1.54) is 0 Å². The first-order valence-corrected chi connectivity index (χ1v) is 8.82. The minimum Gasteiger partial charge on any atom is -0.496 e. The quantitative estimate of drug-likeness (QED) is 0.653. The van der Waals surface area contributed by atoms with Crippen molar-refractivity contribution in [1.82, 2.24) is 0 Å². The van der Waals surface area contributed by atoms with Crippen LogP contribution in [0.3, 0.4) is 0 Å². The molecule has 0 unspecified atom stereocenters. The summed E-state index contributed by atoms with van der Waals surface area (Å²) in [7, 11) is 3.79. The van der Waals surface area contributed by atoms with E-state index >= 15 is 0 Å². The van der Waals surface area contributed by atoms with Crippen molar-refractivity contribution in [2.75, 3.05) is 32.6 Å². The average Bonchev–Trinajstić information content (AvgIpc) is 3.34. The first-order valence-electron chi connectivity index (χ1n) is 8.82. The third kappa shape index (κ3) is 1.90. The van der Waals surface area contributed by atoms with Crippen LogP contribution in [0.15, 0.2) is 30.3 Å². The second-order valence-electron chi connectivity index (χ2n) is 6.91. The van der Waals surface area contributed by atoms with Crippen LogP contribution in [-0.4, -0.2) is 27.7 Å². The number of hydrogen-bond acceptors (Lipinski definition) is 6. The summed E-state index contributed by atoms with van der Waals surface area (Å²) in [5.41, 5.74) is 4.42. The molecule has 3 aliphatic rings. The standard InChI is InChI=1S/C21H17NO5/c1-22-8-14-12(3-4-15-21(14)27-10-24-15)19-18(23-2)6-11-5-16-17(26-9-25-16)7-13(11)20(19)22/h3-7H,8-10H2,1-2H3. The fraction of sp³-hybridized carbons (Fsp3) is 0.238. The smallest absolute Gasteiger partial charge is 0.231 e. The van der Waals surface area contributed by atoms with Crippen LogP contribution in [0.1, 0.15) is 5.56 Å². The van der Waals surface area contributed by atoms with Gasteiger partial charge in [-0.15, -0.1) is 0 Å². The van der Waals surface area contributed by atoms with Crippen LogP contribution in [0.4, 0.5) is 5.69 Å². The molecular weight excluding hydrogens is 346 g/mol. The molecular formula is C21H17NO5. The van der Waals surface area contributed by atoms with E-state index in [9.17, 15) is 0 Å². The van der Waals surface area contributed by atoms with Gasteiger partial charge in [0.25, 0.3) is 0 Å². The zero-order valence-corrected chi connectivity index (χ0v) is 15.0. The molecule has 0 saturated carbocycles. The molecule has 136 valence electrons. The van der Waals surface area contributed by atoms with Gasteiger partial charge < -0.3 is 28.6 Å². The minimum absolute atomic E-state index is 0.257. The van der Waals surface area contributed by atoms with Crippen molar-refractivity contribution in [1.29, 1.82) is 0 Å². The van der Waals surface area contributed by atoms with Crippen LogP contribution in [0, 0.1) is 0 Å². The number of ether oxygens (including phenoxy) is 5. The van der Waals surface area contributed by atoms with Gasteiger partial charge in [0.2, 0.25) is 13.6 Å². The van der Waals surface area contributed by atoms with E-state index in [0.717, 1.165) is 68.4 Å². The Kier molecular flexibility index (Phi) is 2.82. The molecule has 0 amide bonds. The number of anilines is 1. The summed E-state index contributed by atoms with van der Waals surface area (Å²) in [6, 6.07) is 10.2. The summed E-state index contributed by atoms with van der Waals surface area (Å²) in [6.07, 6.45) is 0. The second-order valence-corrected chi connectivity index (χ2v) is 6.91. The van der Waals surface area contributed by atoms with Crippen LogP contribution in [0.2, 0.25) is 0 Å². The van der Waals surface area contributed by atoms with Gasteiger partial charge in [0.1, 0.15) is 5.75 Å². The highest BCUT2D eigenvalue weighted by molar-refractivity contribution is 6.07. The van der Waals surface area contributed by atoms with E-state index < -0.39 is 0 Å². The van der Waals surface area contributed by atoms with Crippen molar-refractivity contribution >= 4 is 16.5 Å². The summed E-state index contributed by atoms with van der Waals surface area (Å²) in [5.74, 6) is 4.00. The number of benzene rings is 3. The van der Waals surface area contributed by atoms with Gasteiger partial charge in [0, 0.05) is 30.1 Å². The van der Waals surface area contributed by atoms with Gasteiger partial charge in [0.15, 0.2) is 23.0 Å². The molecule has 6 heteroatoms. The number of hydrogen-bond donors (Lipinski definition) is 0. The van der Waals surface area contributed by atoms with Crippen molar-refractivity contribution < 1.29 is 23.7 Å². The number of nitrogens with zero attached hydrogens (tertiary/aromatic N) is 1. The van der Waals surface area contributed by atoms with Gasteiger partial charge in [-0.1, -0.05) is 0 Å². The second kappa shape index (κ2) is 5.13. The SMILES string of the molecule is COc1cc2cc3c(cc2c2c1-c1ccc4c(c1CN2C)OCO4)OCO3. The average molecular weight is 363 g/mol. The lowest BCUT2D eigenvalue weighted by atomic mass is 9.89. The largest absolute Gasteiger partial charge is 0.496 e. The predicted molar refractivity (Wildman–Crippen MR) is 100 cm³/mol. The lowest BCUT2D eigenvalue weighted by molar-refractivity contribution is 0.173. The van der Waals surface area contributed by atoms with E-state index in [1.54, 1.807) is 7.11 Å². The van der Waals surface area contributed by atoms with Gasteiger partial charge in [-0.05, 0) is 41.3 Å². The highest BCUT2D eigenvalue weighted by Crippen LogP contribution is 2.53. The van der Waals surface area contributed by atoms with Crippen molar-refractivity contribution in [3.63, 3.8) is 0 Å². The Morgan fingerprint density at radius 2 is 1.70 bits per heavy atom. The van der Waals surface area contributed by atoms with Crippen LogP contribution >= 0.6 is 0 Å². The molecule has 3 aliphatic heterocycles. The van der Waals surface area contributed by atoms with Crippen molar-refractivity contribution in [3.05, 3.63) is 35.9 Å². The molecule has 0 fully saturated rings. The molecule has 0 aliphatic carbocycles. The fourth-order valence-corrected chi connectivity index (χ4v) is 4.30. The van der Waals surface area contributed by atoms with Crippen molar-refractivity contribution in [2.45, 2.75) is 6.54 Å². The van der Waals surface area contributed by atoms with E-state index in [0.29, 0.717) is 0 Å². The summed E-state index contributed by atoms with van der Waals surface area (Å²) in [4.78, 5) is 2.23. The normalized spacial score (nSPS) is 15.7. The number of methoxy groups -OCH3 is 1. The molecule has 3 aromatic carbocycles. The van der Waals surface area contributed by atoms with Crippen LogP contribution < -0.4 is 28.6 Å². The minimum atomic E-state index is 0.257. The van der Waals surface area contributed by atoms with Crippen molar-refractivity contribution in [2.24, 2.45) is 0 Å². The molecule has 0 atom stereocenters. The first-order chi connectivity index (χ1) is 13.2. The summed E-state index contributed by atoms with van der Waals surface area (Å²) in [6.45, 7) is 1.25. The van der Waals surface area contributed by atoms with Gasteiger partial charge in [0.05, 0.1) is 12.8 Å². The molecule has 0 radical (unpaired) electrons. The molecule has 0 spiro atoms. The summed E-state index contributed by atoms with van der Waals surface area (Å²) in [5, 5.41) is 2.17. The van der Waals surface area contributed by atoms with Crippen LogP contribution in [-0.2, 0) is 6.54 Å². The van der Waals surface area contributed by atoms with E-state index in [1.807, 2.05) is 12.1 Å². The Balaban J connectivity index is 1.71. The lowest BCUT2D eigenvalue weighted by Gasteiger charge is -2.32. The topological polar surface area (TPSA) is 49.4 Å².